The number of carbonyl (C=O) groups is 2. The van der Waals surface area contributed by atoms with E-state index in [1.54, 1.807) is 28.0 Å². The van der Waals surface area contributed by atoms with Gasteiger partial charge in [0.25, 0.3) is 5.91 Å². The Morgan fingerprint density at radius 1 is 1.10 bits per heavy atom. The molecule has 3 aromatic rings. The number of fused-ring (bicyclic) bond motifs is 1. The van der Waals surface area contributed by atoms with Crippen molar-refractivity contribution in [3.05, 3.63) is 93.7 Å². The van der Waals surface area contributed by atoms with Crippen LogP contribution in [0.2, 0.25) is 0 Å². The van der Waals surface area contributed by atoms with E-state index in [1.807, 2.05) is 66.9 Å². The maximum absolute atomic E-state index is 13.3. The van der Waals surface area contributed by atoms with Gasteiger partial charge in [0.15, 0.2) is 0 Å². The van der Waals surface area contributed by atoms with Crippen LogP contribution < -0.4 is 5.32 Å². The number of nitrogens with zero attached hydrogens (tertiary/aromatic N) is 1. The summed E-state index contributed by atoms with van der Waals surface area (Å²) in [6, 6.07) is 21.2. The van der Waals surface area contributed by atoms with Gasteiger partial charge in [0.1, 0.15) is 6.04 Å². The fourth-order valence-electron chi connectivity index (χ4n) is 3.62. The molecule has 1 N–H and O–H groups in total. The first kappa shape index (κ1) is 20.7. The smallest absolute Gasteiger partial charge is 0.255 e. The van der Waals surface area contributed by atoms with Crippen LogP contribution in [0.25, 0.3) is 0 Å². The SMILES string of the molecule is CC(NC(=O)[C@H](CSCc1ccccc1)N1Cc2ccccc2C1=O)c1cccs1. The van der Waals surface area contributed by atoms with E-state index >= 15 is 0 Å². The Kier molecular flexibility index (Phi) is 6.55. The molecule has 1 unspecified atom stereocenters. The van der Waals surface area contributed by atoms with Crippen molar-refractivity contribution in [2.45, 2.75) is 31.3 Å². The molecule has 6 heteroatoms. The first-order valence-electron chi connectivity index (χ1n) is 9.98. The lowest BCUT2D eigenvalue weighted by Crippen LogP contribution is -2.49. The second-order valence-electron chi connectivity index (χ2n) is 7.35. The Morgan fingerprint density at radius 2 is 1.87 bits per heavy atom. The van der Waals surface area contributed by atoms with Gasteiger partial charge < -0.3 is 10.2 Å². The second-order valence-corrected chi connectivity index (χ2v) is 9.36. The molecule has 4 rings (SSSR count). The molecule has 1 aromatic heterocycles. The van der Waals surface area contributed by atoms with Gasteiger partial charge in [-0.3, -0.25) is 9.59 Å². The van der Waals surface area contributed by atoms with E-state index in [4.69, 9.17) is 0 Å². The molecular formula is C24H24N2O2S2. The number of thioether (sulfide) groups is 1. The first-order chi connectivity index (χ1) is 14.6. The predicted molar refractivity (Wildman–Crippen MR) is 124 cm³/mol. The zero-order valence-electron chi connectivity index (χ0n) is 16.8. The largest absolute Gasteiger partial charge is 0.347 e. The van der Waals surface area contributed by atoms with Gasteiger partial charge in [-0.1, -0.05) is 54.6 Å². The summed E-state index contributed by atoms with van der Waals surface area (Å²) in [7, 11) is 0. The fraction of sp³-hybridized carbons (Fsp3) is 0.250. The van der Waals surface area contributed by atoms with Crippen molar-refractivity contribution in [3.8, 4) is 0 Å². The van der Waals surface area contributed by atoms with Gasteiger partial charge in [-0.2, -0.15) is 11.8 Å². The van der Waals surface area contributed by atoms with E-state index in [2.05, 4.69) is 17.4 Å². The van der Waals surface area contributed by atoms with E-state index in [9.17, 15) is 9.59 Å². The Hall–Kier alpha value is -2.57. The highest BCUT2D eigenvalue weighted by Gasteiger charge is 2.36. The van der Waals surface area contributed by atoms with E-state index in [-0.39, 0.29) is 17.9 Å². The molecule has 0 aliphatic carbocycles. The summed E-state index contributed by atoms with van der Waals surface area (Å²) < 4.78 is 0. The first-order valence-corrected chi connectivity index (χ1v) is 12.0. The number of hydrogen-bond donors (Lipinski definition) is 1. The minimum absolute atomic E-state index is 0.0603. The molecular weight excluding hydrogens is 412 g/mol. The Labute approximate surface area is 185 Å². The Morgan fingerprint density at radius 3 is 2.60 bits per heavy atom. The standard InChI is InChI=1S/C24H24N2O2S2/c1-17(22-12-7-13-30-22)25-23(27)21(16-29-15-18-8-3-2-4-9-18)26-14-19-10-5-6-11-20(19)24(26)28/h2-13,17,21H,14-16H2,1H3,(H,25,27)/t17?,21-/m0/s1. The van der Waals surface area contributed by atoms with E-state index < -0.39 is 6.04 Å². The molecule has 0 fully saturated rings. The lowest BCUT2D eigenvalue weighted by Gasteiger charge is -2.28. The normalized spacial score (nSPS) is 15.0. The number of rotatable bonds is 8. The van der Waals surface area contributed by atoms with Gasteiger partial charge in [0.2, 0.25) is 5.91 Å². The summed E-state index contributed by atoms with van der Waals surface area (Å²) in [6.45, 7) is 2.46. The highest BCUT2D eigenvalue weighted by Crippen LogP contribution is 2.27. The summed E-state index contributed by atoms with van der Waals surface area (Å²) >= 11 is 3.30. The van der Waals surface area contributed by atoms with Crippen LogP contribution in [-0.2, 0) is 17.1 Å². The van der Waals surface area contributed by atoms with Crippen LogP contribution in [-0.4, -0.2) is 28.5 Å². The van der Waals surface area contributed by atoms with Crippen LogP contribution >= 0.6 is 23.1 Å². The van der Waals surface area contributed by atoms with Crippen molar-refractivity contribution in [3.63, 3.8) is 0 Å². The van der Waals surface area contributed by atoms with Crippen molar-refractivity contribution < 1.29 is 9.59 Å². The van der Waals surface area contributed by atoms with Gasteiger partial charge in [-0.05, 0) is 35.6 Å². The zero-order valence-corrected chi connectivity index (χ0v) is 18.4. The number of hydrogen-bond acceptors (Lipinski definition) is 4. The lowest BCUT2D eigenvalue weighted by molar-refractivity contribution is -0.125. The predicted octanol–water partition coefficient (Wildman–Crippen LogP) is 4.88. The summed E-state index contributed by atoms with van der Waals surface area (Å²) in [6.07, 6.45) is 0. The van der Waals surface area contributed by atoms with Gasteiger partial charge in [-0.25, -0.2) is 0 Å². The molecule has 4 nitrogen and oxygen atoms in total. The minimum atomic E-state index is -0.513. The van der Waals surface area contributed by atoms with Crippen molar-refractivity contribution >= 4 is 34.9 Å². The average molecular weight is 437 g/mol. The number of thiophene rings is 1. The zero-order chi connectivity index (χ0) is 20.9. The molecule has 0 radical (unpaired) electrons. The van der Waals surface area contributed by atoms with Crippen molar-refractivity contribution in [1.82, 2.24) is 10.2 Å². The van der Waals surface area contributed by atoms with Crippen LogP contribution in [0.15, 0.2) is 72.1 Å². The van der Waals surface area contributed by atoms with E-state index in [0.717, 1.165) is 16.2 Å². The highest BCUT2D eigenvalue weighted by atomic mass is 32.2. The Balaban J connectivity index is 1.49. The molecule has 0 bridgehead atoms. The quantitative estimate of drug-likeness (QED) is 0.547. The number of amides is 2. The van der Waals surface area contributed by atoms with Gasteiger partial charge in [-0.15, -0.1) is 11.3 Å². The maximum atomic E-state index is 13.3. The van der Waals surface area contributed by atoms with Crippen molar-refractivity contribution in [2.24, 2.45) is 0 Å². The summed E-state index contributed by atoms with van der Waals surface area (Å²) in [5.41, 5.74) is 2.90. The molecule has 154 valence electrons. The third-order valence-electron chi connectivity index (χ3n) is 5.24. The summed E-state index contributed by atoms with van der Waals surface area (Å²) in [5.74, 6) is 1.20. The minimum Gasteiger partial charge on any atom is -0.347 e. The molecule has 0 spiro atoms. The van der Waals surface area contributed by atoms with Crippen molar-refractivity contribution in [1.29, 1.82) is 0 Å². The molecule has 1 aliphatic rings. The second kappa shape index (κ2) is 9.49. The van der Waals surface area contributed by atoms with E-state index in [1.165, 1.54) is 5.56 Å². The summed E-state index contributed by atoms with van der Waals surface area (Å²) in [5, 5.41) is 5.13. The highest BCUT2D eigenvalue weighted by molar-refractivity contribution is 7.98. The third-order valence-corrected chi connectivity index (χ3v) is 7.39. The van der Waals surface area contributed by atoms with Crippen LogP contribution in [0.5, 0.6) is 0 Å². The topological polar surface area (TPSA) is 49.4 Å². The molecule has 2 amide bonds. The molecule has 1 aliphatic heterocycles. The van der Waals surface area contributed by atoms with Crippen LogP contribution in [0, 0.1) is 0 Å². The van der Waals surface area contributed by atoms with Gasteiger partial charge in [0, 0.05) is 28.5 Å². The number of benzene rings is 2. The number of carbonyl (C=O) groups excluding carboxylic acids is 2. The maximum Gasteiger partial charge on any atom is 0.255 e. The van der Waals surface area contributed by atoms with Crippen LogP contribution in [0.3, 0.4) is 0 Å². The molecule has 2 aromatic carbocycles. The number of nitrogens with one attached hydrogen (secondary N) is 1. The Bertz CT molecular complexity index is 1010. The summed E-state index contributed by atoms with van der Waals surface area (Å²) in [4.78, 5) is 29.1. The van der Waals surface area contributed by atoms with Crippen LogP contribution in [0.4, 0.5) is 0 Å². The van der Waals surface area contributed by atoms with E-state index in [0.29, 0.717) is 17.9 Å². The van der Waals surface area contributed by atoms with Gasteiger partial charge >= 0.3 is 0 Å². The van der Waals surface area contributed by atoms with Crippen molar-refractivity contribution in [2.75, 3.05) is 5.75 Å². The molecule has 2 atom stereocenters. The van der Waals surface area contributed by atoms with Gasteiger partial charge in [0.05, 0.1) is 6.04 Å². The monoisotopic (exact) mass is 436 g/mol. The fourth-order valence-corrected chi connectivity index (χ4v) is 5.45. The average Bonchev–Trinajstić information content (AvgIpc) is 3.41. The third kappa shape index (κ3) is 4.60. The molecule has 30 heavy (non-hydrogen) atoms. The van der Waals surface area contributed by atoms with Crippen LogP contribution in [0.1, 0.15) is 39.3 Å². The molecule has 2 heterocycles. The molecule has 0 saturated carbocycles. The lowest BCUT2D eigenvalue weighted by atomic mass is 10.1. The molecule has 0 saturated heterocycles.